The normalized spacial score (nSPS) is 11.3. The number of Topliss-reactive ketones (excluding diaryl/α,β-unsaturated/α-hetero) is 1. The Labute approximate surface area is 159 Å². The third-order valence-electron chi connectivity index (χ3n) is 4.19. The van der Waals surface area contributed by atoms with Gasteiger partial charge >= 0.3 is 0 Å². The lowest BCUT2D eigenvalue weighted by molar-refractivity contribution is 0.0858. The topological polar surface area (TPSA) is 59.4 Å². The minimum absolute atomic E-state index is 0.0519. The molecule has 1 N–H and O–H groups in total. The molecule has 0 saturated heterocycles. The van der Waals surface area contributed by atoms with Crippen molar-refractivity contribution in [2.45, 2.75) is 27.4 Å². The zero-order valence-electron chi connectivity index (χ0n) is 15.8. The summed E-state index contributed by atoms with van der Waals surface area (Å²) in [6.45, 7) is 5.66. The number of rotatable bonds is 5. The number of carbonyl (C=O) groups is 1. The monoisotopic (exact) mass is 361 g/mol. The van der Waals surface area contributed by atoms with Crippen molar-refractivity contribution in [3.8, 4) is 22.8 Å². The van der Waals surface area contributed by atoms with Crippen LogP contribution in [-0.2, 0) is 6.61 Å². The second-order valence-corrected chi connectivity index (χ2v) is 7.41. The highest BCUT2D eigenvalue weighted by atomic mass is 16.5. The molecule has 0 saturated carbocycles. The third kappa shape index (κ3) is 4.41. The Balaban J connectivity index is 1.91. The first-order valence-electron chi connectivity index (χ1n) is 8.86. The number of hydrogen-bond donors (Lipinski definition) is 1. The Morgan fingerprint density at radius 2 is 1.78 bits per heavy atom. The van der Waals surface area contributed by atoms with E-state index >= 15 is 0 Å². The Kier molecular flexibility index (Phi) is 5.38. The van der Waals surface area contributed by atoms with Gasteiger partial charge in [0.05, 0.1) is 12.3 Å². The first-order valence-corrected chi connectivity index (χ1v) is 8.86. The molecular weight excluding hydrogens is 338 g/mol. The molecule has 138 valence electrons. The van der Waals surface area contributed by atoms with Crippen LogP contribution in [-0.4, -0.2) is 15.9 Å². The fourth-order valence-electron chi connectivity index (χ4n) is 2.72. The summed E-state index contributed by atoms with van der Waals surface area (Å²) in [7, 11) is 0. The van der Waals surface area contributed by atoms with E-state index in [2.05, 4.69) is 4.98 Å². The van der Waals surface area contributed by atoms with E-state index in [-0.39, 0.29) is 12.4 Å². The third-order valence-corrected chi connectivity index (χ3v) is 4.19. The number of aliphatic hydroxyl groups is 1. The molecule has 1 aromatic heterocycles. The molecule has 0 spiro atoms. The van der Waals surface area contributed by atoms with Gasteiger partial charge < -0.3 is 9.84 Å². The van der Waals surface area contributed by atoms with Crippen LogP contribution in [0.5, 0.6) is 11.5 Å². The van der Waals surface area contributed by atoms with Gasteiger partial charge in [-0.3, -0.25) is 9.78 Å². The molecule has 0 amide bonds. The Bertz CT molecular complexity index is 926. The number of ketones is 1. The van der Waals surface area contributed by atoms with Gasteiger partial charge in [-0.1, -0.05) is 32.9 Å². The largest absolute Gasteiger partial charge is 0.457 e. The molecule has 4 heteroatoms. The molecule has 0 aliphatic heterocycles. The quantitative estimate of drug-likeness (QED) is 0.630. The lowest BCUT2D eigenvalue weighted by Gasteiger charge is -2.17. The average molecular weight is 361 g/mol. The number of hydrogen-bond acceptors (Lipinski definition) is 4. The number of pyridine rings is 1. The molecule has 0 radical (unpaired) electrons. The molecule has 0 fully saturated rings. The van der Waals surface area contributed by atoms with Gasteiger partial charge in [-0.15, -0.1) is 0 Å². The fourth-order valence-corrected chi connectivity index (χ4v) is 2.72. The van der Waals surface area contributed by atoms with Gasteiger partial charge in [-0.2, -0.15) is 0 Å². The van der Waals surface area contributed by atoms with Gasteiger partial charge in [0, 0.05) is 22.7 Å². The number of benzene rings is 2. The molecule has 0 aliphatic rings. The average Bonchev–Trinajstić information content (AvgIpc) is 2.68. The molecule has 3 rings (SSSR count). The Hall–Kier alpha value is -2.98. The number of carbonyl (C=O) groups excluding carboxylic acids is 1. The van der Waals surface area contributed by atoms with Gasteiger partial charge in [0.1, 0.15) is 11.5 Å². The van der Waals surface area contributed by atoms with Gasteiger partial charge in [0.25, 0.3) is 0 Å². The van der Waals surface area contributed by atoms with E-state index in [0.29, 0.717) is 17.1 Å². The number of nitrogens with zero attached hydrogens (tertiary/aromatic N) is 1. The lowest BCUT2D eigenvalue weighted by atomic mass is 9.86. The minimum Gasteiger partial charge on any atom is -0.457 e. The molecule has 2 aromatic carbocycles. The summed E-state index contributed by atoms with van der Waals surface area (Å²) in [6.07, 6.45) is 1.72. The van der Waals surface area contributed by atoms with E-state index in [1.807, 2.05) is 57.2 Å². The van der Waals surface area contributed by atoms with E-state index in [4.69, 9.17) is 4.74 Å². The Morgan fingerprint density at radius 3 is 2.37 bits per heavy atom. The van der Waals surface area contributed by atoms with E-state index in [9.17, 15) is 9.90 Å². The summed E-state index contributed by atoms with van der Waals surface area (Å²) in [6, 6.07) is 18.3. The molecule has 1 heterocycles. The lowest BCUT2D eigenvalue weighted by Crippen LogP contribution is -2.19. The van der Waals surface area contributed by atoms with Crippen LogP contribution in [0.25, 0.3) is 11.3 Å². The molecule has 0 aliphatic carbocycles. The van der Waals surface area contributed by atoms with E-state index in [1.54, 1.807) is 30.5 Å². The first kappa shape index (κ1) is 18.8. The summed E-state index contributed by atoms with van der Waals surface area (Å²) in [5, 5.41) is 9.44. The predicted molar refractivity (Wildman–Crippen MR) is 106 cm³/mol. The SMILES string of the molecule is CC(C)(C)C(=O)c1ccc(Oc2ccc(CO)cc2-c2ccccn2)cc1. The van der Waals surface area contributed by atoms with Crippen molar-refractivity contribution in [2.24, 2.45) is 5.41 Å². The molecule has 0 bridgehead atoms. The molecule has 0 unspecified atom stereocenters. The van der Waals surface area contributed by atoms with Gasteiger partial charge in [0.15, 0.2) is 5.78 Å². The maximum atomic E-state index is 12.4. The fraction of sp³-hybridized carbons (Fsp3) is 0.217. The van der Waals surface area contributed by atoms with Crippen LogP contribution in [0, 0.1) is 5.41 Å². The standard InChI is InChI=1S/C23H23NO3/c1-23(2,3)22(26)17-8-10-18(11-9-17)27-21-12-7-16(15-25)14-19(21)20-6-4-5-13-24-20/h4-14,25H,15H2,1-3H3. The van der Waals surface area contributed by atoms with Crippen molar-refractivity contribution in [3.05, 3.63) is 78.0 Å². The van der Waals surface area contributed by atoms with Crippen LogP contribution >= 0.6 is 0 Å². The van der Waals surface area contributed by atoms with E-state index < -0.39 is 5.41 Å². The van der Waals surface area contributed by atoms with Crippen LogP contribution in [0.1, 0.15) is 36.7 Å². The minimum atomic E-state index is -0.422. The number of ether oxygens (including phenoxy) is 1. The molecule has 4 nitrogen and oxygen atoms in total. The first-order chi connectivity index (χ1) is 12.9. The molecule has 0 atom stereocenters. The summed E-state index contributed by atoms with van der Waals surface area (Å²) >= 11 is 0. The second-order valence-electron chi connectivity index (χ2n) is 7.41. The maximum Gasteiger partial charge on any atom is 0.168 e. The molecule has 27 heavy (non-hydrogen) atoms. The van der Waals surface area contributed by atoms with Crippen molar-refractivity contribution in [3.63, 3.8) is 0 Å². The summed E-state index contributed by atoms with van der Waals surface area (Å²) in [4.78, 5) is 16.8. The van der Waals surface area contributed by atoms with Crippen LogP contribution < -0.4 is 4.74 Å². The second kappa shape index (κ2) is 7.72. The van der Waals surface area contributed by atoms with Crippen molar-refractivity contribution in [1.82, 2.24) is 4.98 Å². The maximum absolute atomic E-state index is 12.4. The highest BCUT2D eigenvalue weighted by molar-refractivity contribution is 5.99. The van der Waals surface area contributed by atoms with E-state index in [1.165, 1.54) is 0 Å². The van der Waals surface area contributed by atoms with Crippen LogP contribution in [0.15, 0.2) is 66.9 Å². The van der Waals surface area contributed by atoms with Crippen molar-refractivity contribution in [1.29, 1.82) is 0 Å². The summed E-state index contributed by atoms with van der Waals surface area (Å²) in [5.74, 6) is 1.37. The van der Waals surface area contributed by atoms with Gasteiger partial charge in [0.2, 0.25) is 0 Å². The van der Waals surface area contributed by atoms with Crippen LogP contribution in [0.3, 0.4) is 0 Å². The van der Waals surface area contributed by atoms with Gasteiger partial charge in [-0.25, -0.2) is 0 Å². The van der Waals surface area contributed by atoms with Crippen LogP contribution in [0.4, 0.5) is 0 Å². The van der Waals surface area contributed by atoms with Crippen molar-refractivity contribution >= 4 is 5.78 Å². The smallest absolute Gasteiger partial charge is 0.168 e. The summed E-state index contributed by atoms with van der Waals surface area (Å²) in [5.41, 5.74) is 2.60. The van der Waals surface area contributed by atoms with Gasteiger partial charge in [-0.05, 0) is 54.1 Å². The zero-order chi connectivity index (χ0) is 19.4. The Morgan fingerprint density at radius 1 is 1.04 bits per heavy atom. The highest BCUT2D eigenvalue weighted by Crippen LogP contribution is 2.33. The zero-order valence-corrected chi connectivity index (χ0v) is 15.8. The molecular formula is C23H23NO3. The van der Waals surface area contributed by atoms with Crippen LogP contribution in [0.2, 0.25) is 0 Å². The molecule has 3 aromatic rings. The summed E-state index contributed by atoms with van der Waals surface area (Å²) < 4.78 is 6.05. The number of aromatic nitrogens is 1. The van der Waals surface area contributed by atoms with E-state index in [0.717, 1.165) is 16.8 Å². The predicted octanol–water partition coefficient (Wildman–Crippen LogP) is 5.26. The van der Waals surface area contributed by atoms with Crippen molar-refractivity contribution in [2.75, 3.05) is 0 Å². The number of aliphatic hydroxyl groups excluding tert-OH is 1. The van der Waals surface area contributed by atoms with Crippen molar-refractivity contribution < 1.29 is 14.6 Å². The highest BCUT2D eigenvalue weighted by Gasteiger charge is 2.22.